The smallest absolute Gasteiger partial charge is 0.153 e. The number of aryl methyl sites for hydroxylation is 1. The first kappa shape index (κ1) is 16.3. The molecule has 2 heterocycles. The van der Waals surface area contributed by atoms with E-state index in [1.54, 1.807) is 6.20 Å². The highest BCUT2D eigenvalue weighted by molar-refractivity contribution is 5.95. The number of nitrogens with one attached hydrogen (secondary N) is 1. The van der Waals surface area contributed by atoms with Gasteiger partial charge in [0.15, 0.2) is 5.82 Å². The number of nitrogens with zero attached hydrogens (tertiary/aromatic N) is 3. The number of nitrogens with two attached hydrogens (primary N) is 2. The number of allylic oxidation sites excluding steroid dienone is 1. The summed E-state index contributed by atoms with van der Waals surface area (Å²) in [6, 6.07) is 7.48. The Hall–Kier alpha value is -3.22. The topological polar surface area (TPSA) is 103 Å². The van der Waals surface area contributed by atoms with E-state index in [-0.39, 0.29) is 5.92 Å². The van der Waals surface area contributed by atoms with Crippen LogP contribution < -0.4 is 16.8 Å². The van der Waals surface area contributed by atoms with Crippen molar-refractivity contribution in [1.29, 1.82) is 0 Å². The predicted molar refractivity (Wildman–Crippen MR) is 102 cm³/mol. The first-order valence-corrected chi connectivity index (χ1v) is 8.31. The number of hydrogen-bond donors (Lipinski definition) is 3. The van der Waals surface area contributed by atoms with Crippen molar-refractivity contribution in [1.82, 2.24) is 15.2 Å². The summed E-state index contributed by atoms with van der Waals surface area (Å²) in [5, 5.41) is 12.2. The van der Waals surface area contributed by atoms with Crippen molar-refractivity contribution in [3.8, 4) is 11.1 Å². The van der Waals surface area contributed by atoms with Gasteiger partial charge in [-0.2, -0.15) is 0 Å². The van der Waals surface area contributed by atoms with Gasteiger partial charge in [0.05, 0.1) is 5.69 Å². The molecule has 1 aromatic carbocycles. The number of aromatic nitrogens is 3. The molecule has 0 radical (unpaired) electrons. The molecular weight excluding hydrogens is 331 g/mol. The van der Waals surface area contributed by atoms with Crippen LogP contribution in [0.25, 0.3) is 22.0 Å². The second kappa shape index (κ2) is 5.94. The van der Waals surface area contributed by atoms with Gasteiger partial charge < -0.3 is 16.8 Å². The fourth-order valence-electron chi connectivity index (χ4n) is 3.06. The Labute approximate surface area is 150 Å². The van der Waals surface area contributed by atoms with Gasteiger partial charge in [0, 0.05) is 28.8 Å². The van der Waals surface area contributed by atoms with Gasteiger partial charge >= 0.3 is 0 Å². The van der Waals surface area contributed by atoms with Crippen molar-refractivity contribution in [3.05, 3.63) is 48.3 Å². The third kappa shape index (κ3) is 2.92. The van der Waals surface area contributed by atoms with E-state index in [2.05, 4.69) is 27.1 Å². The number of alkyl halides is 1. The SMILES string of the molecule is C=C(Nc1cc2cc(-c3cnc(N)cc3C)cc(N)c2nn1)[C@@H]1C[C@@H]1F. The van der Waals surface area contributed by atoms with E-state index >= 15 is 0 Å². The number of benzene rings is 1. The lowest BCUT2D eigenvalue weighted by atomic mass is 10.00. The van der Waals surface area contributed by atoms with Crippen LogP contribution in [0.5, 0.6) is 0 Å². The first-order valence-electron chi connectivity index (χ1n) is 8.31. The van der Waals surface area contributed by atoms with E-state index in [0.29, 0.717) is 35.0 Å². The van der Waals surface area contributed by atoms with Crippen LogP contribution in [-0.4, -0.2) is 21.4 Å². The lowest BCUT2D eigenvalue weighted by Gasteiger charge is -2.11. The molecule has 3 aromatic rings. The molecule has 132 valence electrons. The maximum atomic E-state index is 13.2. The first-order chi connectivity index (χ1) is 12.4. The molecule has 2 aromatic heterocycles. The van der Waals surface area contributed by atoms with Crippen LogP contribution in [0.15, 0.2) is 42.7 Å². The lowest BCUT2D eigenvalue weighted by Crippen LogP contribution is -2.05. The van der Waals surface area contributed by atoms with E-state index in [1.165, 1.54) is 0 Å². The van der Waals surface area contributed by atoms with E-state index < -0.39 is 6.17 Å². The lowest BCUT2D eigenvalue weighted by molar-refractivity contribution is 0.459. The molecule has 0 spiro atoms. The summed E-state index contributed by atoms with van der Waals surface area (Å²) < 4.78 is 13.2. The summed E-state index contributed by atoms with van der Waals surface area (Å²) in [6.07, 6.45) is 1.43. The van der Waals surface area contributed by atoms with Crippen LogP contribution in [0.1, 0.15) is 12.0 Å². The van der Waals surface area contributed by atoms with E-state index in [4.69, 9.17) is 11.5 Å². The molecule has 4 rings (SSSR count). The Morgan fingerprint density at radius 1 is 1.23 bits per heavy atom. The zero-order valence-electron chi connectivity index (χ0n) is 14.3. The molecule has 1 aliphatic rings. The molecule has 0 aliphatic heterocycles. The zero-order chi connectivity index (χ0) is 18.4. The number of halogens is 1. The van der Waals surface area contributed by atoms with Crippen molar-refractivity contribution >= 4 is 28.2 Å². The summed E-state index contributed by atoms with van der Waals surface area (Å²) in [5.41, 5.74) is 16.5. The van der Waals surface area contributed by atoms with Crippen LogP contribution in [-0.2, 0) is 0 Å². The summed E-state index contributed by atoms with van der Waals surface area (Å²) in [5.74, 6) is 0.847. The molecule has 0 amide bonds. The highest BCUT2D eigenvalue weighted by Crippen LogP contribution is 2.39. The molecule has 0 unspecified atom stereocenters. The Morgan fingerprint density at radius 2 is 2.00 bits per heavy atom. The number of fused-ring (bicyclic) bond motifs is 1. The van der Waals surface area contributed by atoms with Gasteiger partial charge in [0.25, 0.3) is 0 Å². The van der Waals surface area contributed by atoms with Crippen LogP contribution >= 0.6 is 0 Å². The van der Waals surface area contributed by atoms with Crippen molar-refractivity contribution in [2.75, 3.05) is 16.8 Å². The number of nitrogen functional groups attached to an aromatic ring is 2. The molecule has 0 bridgehead atoms. The average molecular weight is 350 g/mol. The van der Waals surface area contributed by atoms with E-state index in [0.717, 1.165) is 22.1 Å². The van der Waals surface area contributed by atoms with Crippen molar-refractivity contribution in [3.63, 3.8) is 0 Å². The van der Waals surface area contributed by atoms with Crippen molar-refractivity contribution in [2.24, 2.45) is 5.92 Å². The molecule has 1 saturated carbocycles. The Kier molecular flexibility index (Phi) is 3.72. The second-order valence-electron chi connectivity index (χ2n) is 6.67. The molecular formula is C19H19FN6. The summed E-state index contributed by atoms with van der Waals surface area (Å²) in [4.78, 5) is 4.17. The highest BCUT2D eigenvalue weighted by Gasteiger charge is 2.39. The number of anilines is 3. The molecule has 7 heteroatoms. The molecule has 6 nitrogen and oxygen atoms in total. The summed E-state index contributed by atoms with van der Waals surface area (Å²) in [7, 11) is 0. The Bertz CT molecular complexity index is 1030. The van der Waals surface area contributed by atoms with E-state index in [9.17, 15) is 4.39 Å². The Balaban J connectivity index is 1.73. The minimum Gasteiger partial charge on any atom is -0.397 e. The molecule has 1 fully saturated rings. The normalized spacial score (nSPS) is 18.7. The standard InChI is InChI=1S/C19H19FN6/c1-9-3-17(22)23-8-14(9)11-4-12-6-18(24-10(2)13-7-15(13)20)25-26-19(12)16(21)5-11/h3-6,8,13,15H,2,7,21H2,1H3,(H2,22,23)(H,24,25)/t13-,15-/m0/s1. The maximum absolute atomic E-state index is 13.2. The quantitative estimate of drug-likeness (QED) is 0.623. The monoisotopic (exact) mass is 350 g/mol. The summed E-state index contributed by atoms with van der Waals surface area (Å²) >= 11 is 0. The van der Waals surface area contributed by atoms with Gasteiger partial charge in [-0.05, 0) is 48.7 Å². The van der Waals surface area contributed by atoms with Crippen LogP contribution in [0.4, 0.5) is 21.7 Å². The van der Waals surface area contributed by atoms with E-state index in [1.807, 2.05) is 31.2 Å². The number of hydrogen-bond acceptors (Lipinski definition) is 6. The van der Waals surface area contributed by atoms with Crippen molar-refractivity contribution in [2.45, 2.75) is 19.5 Å². The minimum atomic E-state index is -0.813. The van der Waals surface area contributed by atoms with Crippen LogP contribution in [0, 0.1) is 12.8 Å². The van der Waals surface area contributed by atoms with Gasteiger partial charge in [-0.25, -0.2) is 9.37 Å². The van der Waals surface area contributed by atoms with Crippen molar-refractivity contribution < 1.29 is 4.39 Å². The average Bonchev–Trinajstić information content (AvgIpc) is 3.31. The second-order valence-corrected chi connectivity index (χ2v) is 6.67. The minimum absolute atomic E-state index is 0.146. The Morgan fingerprint density at radius 3 is 2.69 bits per heavy atom. The van der Waals surface area contributed by atoms with Gasteiger partial charge in [-0.15, -0.1) is 10.2 Å². The molecule has 2 atom stereocenters. The van der Waals surface area contributed by atoms with Gasteiger partial charge in [-0.3, -0.25) is 0 Å². The highest BCUT2D eigenvalue weighted by atomic mass is 19.1. The number of pyridine rings is 1. The van der Waals surface area contributed by atoms with Gasteiger partial charge in [0.1, 0.15) is 17.5 Å². The predicted octanol–water partition coefficient (Wildman–Crippen LogP) is 3.45. The van der Waals surface area contributed by atoms with Gasteiger partial charge in [-0.1, -0.05) is 6.58 Å². The fourth-order valence-corrected chi connectivity index (χ4v) is 3.06. The third-order valence-corrected chi connectivity index (χ3v) is 4.61. The molecule has 1 aliphatic carbocycles. The molecule has 5 N–H and O–H groups in total. The third-order valence-electron chi connectivity index (χ3n) is 4.61. The van der Waals surface area contributed by atoms with Crippen LogP contribution in [0.2, 0.25) is 0 Å². The van der Waals surface area contributed by atoms with Crippen LogP contribution in [0.3, 0.4) is 0 Å². The maximum Gasteiger partial charge on any atom is 0.153 e. The largest absolute Gasteiger partial charge is 0.397 e. The number of rotatable bonds is 4. The van der Waals surface area contributed by atoms with Gasteiger partial charge in [0.2, 0.25) is 0 Å². The molecule has 0 saturated heterocycles. The molecule has 26 heavy (non-hydrogen) atoms. The summed E-state index contributed by atoms with van der Waals surface area (Å²) in [6.45, 7) is 5.85. The zero-order valence-corrected chi connectivity index (χ0v) is 14.3. The fraction of sp³-hybridized carbons (Fsp3) is 0.211.